The fourth-order valence-corrected chi connectivity index (χ4v) is 2.98. The molecule has 0 spiro atoms. The van der Waals surface area contributed by atoms with Crippen molar-refractivity contribution in [3.8, 4) is 11.5 Å². The number of benzene rings is 1. The van der Waals surface area contributed by atoms with Gasteiger partial charge in [-0.2, -0.15) is 4.99 Å². The number of carbonyl (C=O) groups excluding carboxylic acids is 1. The van der Waals surface area contributed by atoms with Crippen LogP contribution in [0.4, 0.5) is 0 Å². The smallest absolute Gasteiger partial charge is 0.245 e. The molecule has 1 aliphatic rings. The quantitative estimate of drug-likeness (QED) is 0.724. The van der Waals surface area contributed by atoms with Gasteiger partial charge in [0.1, 0.15) is 13.2 Å². The van der Waals surface area contributed by atoms with Gasteiger partial charge < -0.3 is 14.0 Å². The fourth-order valence-electron chi connectivity index (χ4n) is 1.91. The van der Waals surface area contributed by atoms with E-state index < -0.39 is 0 Å². The molecule has 2 heterocycles. The minimum atomic E-state index is -0.200. The molecule has 94 valence electrons. The van der Waals surface area contributed by atoms with Crippen molar-refractivity contribution in [2.24, 2.45) is 12.0 Å². The number of nitrogens with zero attached hydrogens (tertiary/aromatic N) is 2. The second kappa shape index (κ2) is 4.13. The Bertz CT molecular complexity index is 699. The molecule has 1 aliphatic heterocycles. The molecule has 6 heteroatoms. The van der Waals surface area contributed by atoms with Gasteiger partial charge in [0, 0.05) is 26.1 Å². The fraction of sp³-hybridized carbons (Fsp3) is 0.333. The molecule has 2 aromatic rings. The number of aryl methyl sites for hydroxylation is 1. The van der Waals surface area contributed by atoms with Crippen LogP contribution in [-0.2, 0) is 11.8 Å². The van der Waals surface area contributed by atoms with E-state index in [1.165, 1.54) is 18.3 Å². The molecule has 0 saturated carbocycles. The van der Waals surface area contributed by atoms with Gasteiger partial charge in [0.05, 0.1) is 10.2 Å². The summed E-state index contributed by atoms with van der Waals surface area (Å²) < 4.78 is 14.0. The number of hydrogen-bond acceptors (Lipinski definition) is 4. The molecular weight excluding hydrogens is 252 g/mol. The standard InChI is InChI=1S/C12H12N2O3S/c1-7(15)13-12-14(2)8-5-9-10(6-11(8)18-12)17-4-3-16-9/h5-6H,3-4H2,1-2H3. The maximum atomic E-state index is 11.1. The van der Waals surface area contributed by atoms with Gasteiger partial charge in [0.2, 0.25) is 5.91 Å². The van der Waals surface area contributed by atoms with E-state index in [0.29, 0.717) is 18.0 Å². The maximum Gasteiger partial charge on any atom is 0.245 e. The Labute approximate surface area is 107 Å². The molecule has 3 rings (SSSR count). The van der Waals surface area contributed by atoms with Gasteiger partial charge in [0.15, 0.2) is 16.3 Å². The molecule has 1 aromatic carbocycles. The number of fused-ring (bicyclic) bond motifs is 2. The van der Waals surface area contributed by atoms with Crippen LogP contribution in [-0.4, -0.2) is 23.7 Å². The van der Waals surface area contributed by atoms with Gasteiger partial charge in [-0.05, 0) is 0 Å². The first-order valence-corrected chi connectivity index (χ1v) is 6.41. The molecule has 5 nitrogen and oxygen atoms in total. The number of rotatable bonds is 0. The average molecular weight is 264 g/mol. The minimum absolute atomic E-state index is 0.200. The molecular formula is C12H12N2O3S. The highest BCUT2D eigenvalue weighted by atomic mass is 32.1. The molecule has 0 unspecified atom stereocenters. The van der Waals surface area contributed by atoms with Gasteiger partial charge in [-0.3, -0.25) is 4.79 Å². The summed E-state index contributed by atoms with van der Waals surface area (Å²) in [6, 6.07) is 3.87. The van der Waals surface area contributed by atoms with Crippen LogP contribution >= 0.6 is 11.3 Å². The maximum absolute atomic E-state index is 11.1. The third-order valence-corrected chi connectivity index (χ3v) is 3.82. The summed E-state index contributed by atoms with van der Waals surface area (Å²) in [7, 11) is 1.89. The van der Waals surface area contributed by atoms with E-state index in [2.05, 4.69) is 4.99 Å². The summed E-state index contributed by atoms with van der Waals surface area (Å²) in [5.74, 6) is 1.30. The van der Waals surface area contributed by atoms with E-state index in [4.69, 9.17) is 9.47 Å². The lowest BCUT2D eigenvalue weighted by Crippen LogP contribution is -2.15. The third kappa shape index (κ3) is 1.78. The monoisotopic (exact) mass is 264 g/mol. The average Bonchev–Trinajstić information content (AvgIpc) is 2.63. The highest BCUT2D eigenvalue weighted by Crippen LogP contribution is 2.35. The number of amides is 1. The lowest BCUT2D eigenvalue weighted by atomic mass is 10.3. The molecule has 0 atom stereocenters. The Morgan fingerprint density at radius 3 is 2.67 bits per heavy atom. The van der Waals surface area contributed by atoms with E-state index in [1.54, 1.807) is 0 Å². The van der Waals surface area contributed by atoms with E-state index in [-0.39, 0.29) is 5.91 Å². The number of aromatic nitrogens is 1. The van der Waals surface area contributed by atoms with Crippen LogP contribution in [0.25, 0.3) is 10.2 Å². The largest absolute Gasteiger partial charge is 0.486 e. The first-order chi connectivity index (χ1) is 8.65. The van der Waals surface area contributed by atoms with Crippen molar-refractivity contribution in [2.45, 2.75) is 6.92 Å². The van der Waals surface area contributed by atoms with E-state index in [9.17, 15) is 4.79 Å². The van der Waals surface area contributed by atoms with E-state index in [0.717, 1.165) is 21.7 Å². The number of hydrogen-bond donors (Lipinski definition) is 0. The van der Waals surface area contributed by atoms with Crippen LogP contribution in [0, 0.1) is 0 Å². The summed E-state index contributed by atoms with van der Waals surface area (Å²) >= 11 is 1.46. The number of thiazole rings is 1. The molecule has 0 radical (unpaired) electrons. The zero-order valence-corrected chi connectivity index (χ0v) is 10.9. The van der Waals surface area contributed by atoms with Crippen molar-refractivity contribution < 1.29 is 14.3 Å². The summed E-state index contributed by atoms with van der Waals surface area (Å²) in [5.41, 5.74) is 0.990. The van der Waals surface area contributed by atoms with Crippen LogP contribution in [0.5, 0.6) is 11.5 Å². The van der Waals surface area contributed by atoms with Gasteiger partial charge in [-0.1, -0.05) is 11.3 Å². The molecule has 18 heavy (non-hydrogen) atoms. The normalized spacial score (nSPS) is 15.1. The molecule has 0 fully saturated rings. The SMILES string of the molecule is CC(=O)N=c1sc2cc3c(cc2n1C)OCCO3. The van der Waals surface area contributed by atoms with Crippen molar-refractivity contribution in [1.29, 1.82) is 0 Å². The topological polar surface area (TPSA) is 52.8 Å². The molecule has 0 N–H and O–H groups in total. The third-order valence-electron chi connectivity index (χ3n) is 2.73. The summed E-state index contributed by atoms with van der Waals surface area (Å²) in [6.07, 6.45) is 0. The predicted octanol–water partition coefficient (Wildman–Crippen LogP) is 1.46. The second-order valence-corrected chi connectivity index (χ2v) is 5.05. The zero-order valence-electron chi connectivity index (χ0n) is 10.1. The van der Waals surface area contributed by atoms with Crippen LogP contribution in [0.1, 0.15) is 6.92 Å². The summed E-state index contributed by atoms with van der Waals surface area (Å²) in [5, 5.41) is 0. The van der Waals surface area contributed by atoms with Crippen LogP contribution in [0.2, 0.25) is 0 Å². The zero-order chi connectivity index (χ0) is 12.7. The van der Waals surface area contributed by atoms with E-state index in [1.807, 2.05) is 23.7 Å². The lowest BCUT2D eigenvalue weighted by Gasteiger charge is -2.18. The second-order valence-electron chi connectivity index (χ2n) is 4.04. The van der Waals surface area contributed by atoms with Crippen molar-refractivity contribution in [3.05, 3.63) is 16.9 Å². The summed E-state index contributed by atoms with van der Waals surface area (Å²) in [4.78, 5) is 15.7. The lowest BCUT2D eigenvalue weighted by molar-refractivity contribution is -0.116. The number of carbonyl (C=O) groups is 1. The Hall–Kier alpha value is -1.82. The Morgan fingerprint density at radius 1 is 1.33 bits per heavy atom. The van der Waals surface area contributed by atoms with Crippen molar-refractivity contribution in [3.63, 3.8) is 0 Å². The summed E-state index contributed by atoms with van der Waals surface area (Å²) in [6.45, 7) is 2.58. The molecule has 0 bridgehead atoms. The molecule has 0 aliphatic carbocycles. The molecule has 1 amide bonds. The first-order valence-electron chi connectivity index (χ1n) is 5.59. The Morgan fingerprint density at radius 2 is 2.00 bits per heavy atom. The van der Waals surface area contributed by atoms with Crippen molar-refractivity contribution in [1.82, 2.24) is 4.57 Å². The van der Waals surface area contributed by atoms with Crippen molar-refractivity contribution in [2.75, 3.05) is 13.2 Å². The highest BCUT2D eigenvalue weighted by Gasteiger charge is 2.15. The van der Waals surface area contributed by atoms with Gasteiger partial charge in [-0.25, -0.2) is 0 Å². The predicted molar refractivity (Wildman–Crippen MR) is 68.0 cm³/mol. The van der Waals surface area contributed by atoms with Crippen LogP contribution < -0.4 is 14.3 Å². The van der Waals surface area contributed by atoms with Gasteiger partial charge >= 0.3 is 0 Å². The first kappa shape index (κ1) is 11.3. The van der Waals surface area contributed by atoms with Crippen molar-refractivity contribution >= 4 is 27.5 Å². The Kier molecular flexibility index (Phi) is 2.59. The van der Waals surface area contributed by atoms with Gasteiger partial charge in [0.25, 0.3) is 0 Å². The van der Waals surface area contributed by atoms with Crippen LogP contribution in [0.15, 0.2) is 17.1 Å². The minimum Gasteiger partial charge on any atom is -0.486 e. The van der Waals surface area contributed by atoms with E-state index >= 15 is 0 Å². The highest BCUT2D eigenvalue weighted by molar-refractivity contribution is 7.16. The Balaban J connectivity index is 2.27. The molecule has 0 saturated heterocycles. The molecule has 1 aromatic heterocycles. The van der Waals surface area contributed by atoms with Crippen LogP contribution in [0.3, 0.4) is 0 Å². The number of ether oxygens (including phenoxy) is 2. The van der Waals surface area contributed by atoms with Gasteiger partial charge in [-0.15, -0.1) is 0 Å².